The second-order valence-corrected chi connectivity index (χ2v) is 5.68. The number of ketones is 1. The zero-order valence-corrected chi connectivity index (χ0v) is 12.9. The predicted molar refractivity (Wildman–Crippen MR) is 75.9 cm³/mol. The molecule has 2 unspecified atom stereocenters. The van der Waals surface area contributed by atoms with Crippen LogP contribution in [0.1, 0.15) is 31.2 Å². The van der Waals surface area contributed by atoms with Crippen LogP contribution < -0.4 is 5.73 Å². The molecule has 0 saturated carbocycles. The molecule has 1 aliphatic heterocycles. The van der Waals surface area contributed by atoms with Crippen molar-refractivity contribution in [2.24, 2.45) is 12.8 Å². The Bertz CT molecular complexity index is 473. The number of hydrogen-bond donors (Lipinski definition) is 1. The fraction of sp³-hybridized carbons (Fsp3) is 0.692. The van der Waals surface area contributed by atoms with E-state index in [9.17, 15) is 4.79 Å². The zero-order valence-electron chi connectivity index (χ0n) is 11.4. The molecule has 0 bridgehead atoms. The largest absolute Gasteiger partial charge is 0.366 e. The summed E-state index contributed by atoms with van der Waals surface area (Å²) in [6, 6.07) is 0. The van der Waals surface area contributed by atoms with Crippen LogP contribution in [-0.2, 0) is 29.4 Å². The predicted octanol–water partition coefficient (Wildman–Crippen LogP) is 1.36. The highest BCUT2D eigenvalue weighted by molar-refractivity contribution is 9.10. The van der Waals surface area contributed by atoms with Crippen molar-refractivity contribution in [1.82, 2.24) is 9.78 Å². The summed E-state index contributed by atoms with van der Waals surface area (Å²) >= 11 is 3.53. The number of carbonyl (C=O) groups is 1. The van der Waals surface area contributed by atoms with E-state index in [4.69, 9.17) is 10.5 Å². The lowest BCUT2D eigenvalue weighted by molar-refractivity contribution is -0.129. The molecule has 106 valence electrons. The lowest BCUT2D eigenvalue weighted by Gasteiger charge is -2.11. The van der Waals surface area contributed by atoms with Crippen LogP contribution in [0.25, 0.3) is 0 Å². The van der Waals surface area contributed by atoms with E-state index >= 15 is 0 Å². The Morgan fingerprint density at radius 2 is 2.32 bits per heavy atom. The van der Waals surface area contributed by atoms with Gasteiger partial charge in [0.15, 0.2) is 5.78 Å². The molecule has 2 heterocycles. The van der Waals surface area contributed by atoms with Gasteiger partial charge >= 0.3 is 0 Å². The number of aryl methyl sites for hydroxylation is 2. The third kappa shape index (κ3) is 3.07. The number of Topliss-reactive ketones (excluding diaryl/α,β-unsaturated/α-hetero) is 1. The van der Waals surface area contributed by atoms with E-state index in [2.05, 4.69) is 21.0 Å². The maximum absolute atomic E-state index is 12.3. The van der Waals surface area contributed by atoms with Gasteiger partial charge in [-0.2, -0.15) is 5.10 Å². The normalized spacial score (nSPS) is 22.9. The topological polar surface area (TPSA) is 70.1 Å². The zero-order chi connectivity index (χ0) is 14.0. The highest BCUT2D eigenvalue weighted by atomic mass is 79.9. The summed E-state index contributed by atoms with van der Waals surface area (Å²) < 4.78 is 8.36. The highest BCUT2D eigenvalue weighted by Gasteiger charge is 2.30. The van der Waals surface area contributed by atoms with Crippen molar-refractivity contribution in [3.8, 4) is 0 Å². The highest BCUT2D eigenvalue weighted by Crippen LogP contribution is 2.25. The first-order valence-electron chi connectivity index (χ1n) is 6.65. The van der Waals surface area contributed by atoms with Gasteiger partial charge in [-0.05, 0) is 35.2 Å². The molecule has 0 radical (unpaired) electrons. The first-order valence-corrected chi connectivity index (χ1v) is 7.44. The van der Waals surface area contributed by atoms with E-state index in [0.29, 0.717) is 13.0 Å². The van der Waals surface area contributed by atoms with Crippen LogP contribution in [0.5, 0.6) is 0 Å². The van der Waals surface area contributed by atoms with Crippen LogP contribution in [0.15, 0.2) is 4.47 Å². The van der Waals surface area contributed by atoms with E-state index in [0.717, 1.165) is 35.1 Å². The van der Waals surface area contributed by atoms with Crippen molar-refractivity contribution >= 4 is 21.7 Å². The first-order chi connectivity index (χ1) is 9.06. The molecule has 1 aromatic heterocycles. The van der Waals surface area contributed by atoms with Gasteiger partial charge in [0.2, 0.25) is 0 Å². The van der Waals surface area contributed by atoms with Crippen molar-refractivity contribution in [3.63, 3.8) is 0 Å². The number of aromatic nitrogens is 2. The average Bonchev–Trinajstić information content (AvgIpc) is 2.98. The molecule has 0 amide bonds. The second-order valence-electron chi connectivity index (χ2n) is 4.89. The van der Waals surface area contributed by atoms with Gasteiger partial charge in [-0.15, -0.1) is 0 Å². The summed E-state index contributed by atoms with van der Waals surface area (Å²) in [6.07, 6.45) is 2.58. The number of nitrogens with zero attached hydrogens (tertiary/aromatic N) is 2. The fourth-order valence-corrected chi connectivity index (χ4v) is 3.16. The third-order valence-electron chi connectivity index (χ3n) is 3.57. The molecule has 2 atom stereocenters. The summed E-state index contributed by atoms with van der Waals surface area (Å²) in [5.41, 5.74) is 7.46. The molecule has 2 N–H and O–H groups in total. The van der Waals surface area contributed by atoms with Gasteiger partial charge in [-0.25, -0.2) is 0 Å². The fourth-order valence-electron chi connectivity index (χ4n) is 2.41. The molecular formula is C13H20BrN3O2. The SMILES string of the molecule is CCc1nn(C)c(CC(=O)C2CCC(CN)O2)c1Br. The number of ether oxygens (including phenoxy) is 1. The van der Waals surface area contributed by atoms with Crippen molar-refractivity contribution in [1.29, 1.82) is 0 Å². The summed E-state index contributed by atoms with van der Waals surface area (Å²) in [5.74, 6) is 0.113. The maximum atomic E-state index is 12.3. The molecule has 1 saturated heterocycles. The van der Waals surface area contributed by atoms with Gasteiger partial charge in [-0.3, -0.25) is 9.48 Å². The van der Waals surface area contributed by atoms with Gasteiger partial charge in [-0.1, -0.05) is 6.92 Å². The van der Waals surface area contributed by atoms with E-state index < -0.39 is 0 Å². The Kier molecular flexibility index (Phi) is 4.76. The minimum atomic E-state index is -0.305. The lowest BCUT2D eigenvalue weighted by Crippen LogP contribution is -2.26. The van der Waals surface area contributed by atoms with Crippen LogP contribution >= 0.6 is 15.9 Å². The van der Waals surface area contributed by atoms with Crippen molar-refractivity contribution < 1.29 is 9.53 Å². The standard InChI is InChI=1S/C13H20BrN3O2/c1-3-9-13(14)10(17(2)16-9)6-11(18)12-5-4-8(7-15)19-12/h8,12H,3-7,15H2,1-2H3. The van der Waals surface area contributed by atoms with Crippen LogP contribution in [0.3, 0.4) is 0 Å². The smallest absolute Gasteiger partial charge is 0.167 e. The van der Waals surface area contributed by atoms with Gasteiger partial charge in [0.25, 0.3) is 0 Å². The molecule has 0 spiro atoms. The molecule has 0 aromatic carbocycles. The Balaban J connectivity index is 2.05. The second kappa shape index (κ2) is 6.15. The van der Waals surface area contributed by atoms with Gasteiger partial charge in [0.1, 0.15) is 6.10 Å². The molecule has 19 heavy (non-hydrogen) atoms. The first kappa shape index (κ1) is 14.7. The lowest BCUT2D eigenvalue weighted by atomic mass is 10.1. The number of halogens is 1. The molecular weight excluding hydrogens is 310 g/mol. The molecule has 1 fully saturated rings. The average molecular weight is 330 g/mol. The van der Waals surface area contributed by atoms with Crippen LogP contribution in [0.4, 0.5) is 0 Å². The van der Waals surface area contributed by atoms with Gasteiger partial charge in [0.05, 0.1) is 28.4 Å². The number of rotatable bonds is 5. The quantitative estimate of drug-likeness (QED) is 0.885. The van der Waals surface area contributed by atoms with E-state index in [1.165, 1.54) is 0 Å². The van der Waals surface area contributed by atoms with Gasteiger partial charge < -0.3 is 10.5 Å². The Morgan fingerprint density at radius 1 is 1.58 bits per heavy atom. The monoisotopic (exact) mass is 329 g/mol. The van der Waals surface area contributed by atoms with E-state index in [1.807, 2.05) is 14.0 Å². The van der Waals surface area contributed by atoms with Crippen LogP contribution in [-0.4, -0.2) is 34.3 Å². The summed E-state index contributed by atoms with van der Waals surface area (Å²) in [5, 5.41) is 4.40. The minimum Gasteiger partial charge on any atom is -0.366 e. The van der Waals surface area contributed by atoms with E-state index in [-0.39, 0.29) is 18.0 Å². The Hall–Kier alpha value is -0.720. The Labute approximate surface area is 121 Å². The van der Waals surface area contributed by atoms with E-state index in [1.54, 1.807) is 4.68 Å². The molecule has 6 heteroatoms. The Morgan fingerprint density at radius 3 is 2.84 bits per heavy atom. The number of carbonyl (C=O) groups excluding carboxylic acids is 1. The number of hydrogen-bond acceptors (Lipinski definition) is 4. The maximum Gasteiger partial charge on any atom is 0.167 e. The molecule has 5 nitrogen and oxygen atoms in total. The third-order valence-corrected chi connectivity index (χ3v) is 4.49. The van der Waals surface area contributed by atoms with Crippen LogP contribution in [0.2, 0.25) is 0 Å². The minimum absolute atomic E-state index is 0.0372. The van der Waals surface area contributed by atoms with Crippen molar-refractivity contribution in [2.45, 2.75) is 44.8 Å². The molecule has 0 aliphatic carbocycles. The van der Waals surface area contributed by atoms with Gasteiger partial charge in [0, 0.05) is 13.6 Å². The summed E-state index contributed by atoms with van der Waals surface area (Å²) in [6.45, 7) is 2.53. The summed E-state index contributed by atoms with van der Waals surface area (Å²) in [7, 11) is 1.87. The molecule has 1 aliphatic rings. The van der Waals surface area contributed by atoms with Crippen molar-refractivity contribution in [3.05, 3.63) is 15.9 Å². The molecule has 1 aromatic rings. The summed E-state index contributed by atoms with van der Waals surface area (Å²) in [4.78, 5) is 12.3. The number of nitrogens with two attached hydrogens (primary N) is 1. The molecule has 2 rings (SSSR count). The van der Waals surface area contributed by atoms with Crippen LogP contribution in [0, 0.1) is 0 Å². The van der Waals surface area contributed by atoms with Crippen molar-refractivity contribution in [2.75, 3.05) is 6.54 Å².